The highest BCUT2D eigenvalue weighted by atomic mass is 19.1. The van der Waals surface area contributed by atoms with Gasteiger partial charge in [-0.25, -0.2) is 4.39 Å². The van der Waals surface area contributed by atoms with E-state index in [4.69, 9.17) is 0 Å². The molecule has 2 rings (SSSR count). The highest BCUT2D eigenvalue weighted by Crippen LogP contribution is 2.27. The predicted octanol–water partition coefficient (Wildman–Crippen LogP) is 2.92. The van der Waals surface area contributed by atoms with Gasteiger partial charge in [0.2, 0.25) is 0 Å². The summed E-state index contributed by atoms with van der Waals surface area (Å²) >= 11 is 0. The summed E-state index contributed by atoms with van der Waals surface area (Å²) in [6.45, 7) is 0. The Morgan fingerprint density at radius 1 is 1.20 bits per heavy atom. The first-order chi connectivity index (χ1) is 7.24. The third-order valence-electron chi connectivity index (χ3n) is 3.23. The molecule has 1 saturated carbocycles. The van der Waals surface area contributed by atoms with E-state index in [-0.39, 0.29) is 11.9 Å². The van der Waals surface area contributed by atoms with Gasteiger partial charge in [-0.2, -0.15) is 0 Å². The van der Waals surface area contributed by atoms with Crippen LogP contribution < -0.4 is 0 Å². The second kappa shape index (κ2) is 4.75. The van der Waals surface area contributed by atoms with Crippen LogP contribution in [0.4, 0.5) is 4.39 Å². The van der Waals surface area contributed by atoms with Crippen molar-refractivity contribution in [3.8, 4) is 0 Å². The molecule has 0 unspecified atom stereocenters. The van der Waals surface area contributed by atoms with Crippen LogP contribution in [0, 0.1) is 11.7 Å². The summed E-state index contributed by atoms with van der Waals surface area (Å²) in [6.07, 6.45) is 4.79. The van der Waals surface area contributed by atoms with E-state index in [0.29, 0.717) is 5.92 Å². The van der Waals surface area contributed by atoms with E-state index in [1.807, 2.05) is 6.07 Å². The minimum atomic E-state index is -0.150. The molecule has 0 atom stereocenters. The van der Waals surface area contributed by atoms with Crippen LogP contribution in [-0.4, -0.2) is 11.2 Å². The van der Waals surface area contributed by atoms with Crippen molar-refractivity contribution < 1.29 is 9.50 Å². The number of benzene rings is 1. The maximum absolute atomic E-state index is 12.9. The van der Waals surface area contributed by atoms with Crippen LogP contribution in [0.5, 0.6) is 0 Å². The lowest BCUT2D eigenvalue weighted by atomic mass is 9.83. The Morgan fingerprint density at radius 3 is 2.60 bits per heavy atom. The smallest absolute Gasteiger partial charge is 0.123 e. The zero-order valence-corrected chi connectivity index (χ0v) is 8.82. The first kappa shape index (κ1) is 10.6. The van der Waals surface area contributed by atoms with Crippen molar-refractivity contribution in [3.05, 3.63) is 35.6 Å². The van der Waals surface area contributed by atoms with Gasteiger partial charge in [-0.05, 0) is 55.7 Å². The monoisotopic (exact) mass is 208 g/mol. The minimum absolute atomic E-state index is 0.103. The van der Waals surface area contributed by atoms with E-state index in [0.717, 1.165) is 37.7 Å². The van der Waals surface area contributed by atoms with Crippen molar-refractivity contribution >= 4 is 0 Å². The Balaban J connectivity index is 1.92. The van der Waals surface area contributed by atoms with Crippen molar-refractivity contribution in [2.24, 2.45) is 5.92 Å². The van der Waals surface area contributed by atoms with Gasteiger partial charge >= 0.3 is 0 Å². The molecular weight excluding hydrogens is 191 g/mol. The standard InChI is InChI=1S/C13H17FO/c14-12-3-1-2-11(9-12)8-10-4-6-13(15)7-5-10/h1-3,9-10,13,15H,4-8H2. The lowest BCUT2D eigenvalue weighted by Crippen LogP contribution is -2.19. The summed E-state index contributed by atoms with van der Waals surface area (Å²) in [7, 11) is 0. The van der Waals surface area contributed by atoms with Gasteiger partial charge in [0.25, 0.3) is 0 Å². The predicted molar refractivity (Wildman–Crippen MR) is 58.1 cm³/mol. The molecule has 0 amide bonds. The molecule has 1 aromatic rings. The Labute approximate surface area is 89.9 Å². The van der Waals surface area contributed by atoms with Gasteiger partial charge in [0.05, 0.1) is 6.10 Å². The fraction of sp³-hybridized carbons (Fsp3) is 0.538. The van der Waals surface area contributed by atoms with E-state index >= 15 is 0 Å². The number of hydrogen-bond donors (Lipinski definition) is 1. The molecule has 0 bridgehead atoms. The molecular formula is C13H17FO. The van der Waals surface area contributed by atoms with E-state index in [1.165, 1.54) is 6.07 Å². The third kappa shape index (κ3) is 3.03. The molecule has 0 radical (unpaired) electrons. The maximum Gasteiger partial charge on any atom is 0.123 e. The molecule has 0 aliphatic heterocycles. The van der Waals surface area contributed by atoms with Gasteiger partial charge in [-0.1, -0.05) is 12.1 Å². The molecule has 2 heteroatoms. The first-order valence-electron chi connectivity index (χ1n) is 5.66. The van der Waals surface area contributed by atoms with Crippen LogP contribution in [0.15, 0.2) is 24.3 Å². The fourth-order valence-electron chi connectivity index (χ4n) is 2.35. The summed E-state index contributed by atoms with van der Waals surface area (Å²) in [5.74, 6) is 0.471. The van der Waals surface area contributed by atoms with Crippen molar-refractivity contribution in [2.45, 2.75) is 38.2 Å². The van der Waals surface area contributed by atoms with E-state index in [1.54, 1.807) is 12.1 Å². The minimum Gasteiger partial charge on any atom is -0.393 e. The van der Waals surface area contributed by atoms with Gasteiger partial charge in [0.15, 0.2) is 0 Å². The molecule has 1 N–H and O–H groups in total. The van der Waals surface area contributed by atoms with E-state index < -0.39 is 0 Å². The van der Waals surface area contributed by atoms with E-state index in [2.05, 4.69) is 0 Å². The quantitative estimate of drug-likeness (QED) is 0.792. The Morgan fingerprint density at radius 2 is 1.93 bits per heavy atom. The molecule has 0 spiro atoms. The molecule has 1 aliphatic carbocycles. The number of hydrogen-bond acceptors (Lipinski definition) is 1. The second-order valence-corrected chi connectivity index (χ2v) is 4.51. The van der Waals surface area contributed by atoms with Crippen LogP contribution in [0.25, 0.3) is 0 Å². The van der Waals surface area contributed by atoms with E-state index in [9.17, 15) is 9.50 Å². The molecule has 1 aliphatic rings. The number of aliphatic hydroxyl groups excluding tert-OH is 1. The van der Waals surface area contributed by atoms with Crippen molar-refractivity contribution in [3.63, 3.8) is 0 Å². The first-order valence-corrected chi connectivity index (χ1v) is 5.66. The number of rotatable bonds is 2. The van der Waals surface area contributed by atoms with Gasteiger partial charge in [0, 0.05) is 0 Å². The lowest BCUT2D eigenvalue weighted by molar-refractivity contribution is 0.108. The normalized spacial score (nSPS) is 26.5. The topological polar surface area (TPSA) is 20.2 Å². The Hall–Kier alpha value is -0.890. The number of halogens is 1. The van der Waals surface area contributed by atoms with Crippen molar-refractivity contribution in [1.82, 2.24) is 0 Å². The van der Waals surface area contributed by atoms with Crippen LogP contribution >= 0.6 is 0 Å². The molecule has 15 heavy (non-hydrogen) atoms. The fourth-order valence-corrected chi connectivity index (χ4v) is 2.35. The van der Waals surface area contributed by atoms with Crippen molar-refractivity contribution in [1.29, 1.82) is 0 Å². The molecule has 0 saturated heterocycles. The van der Waals surface area contributed by atoms with Gasteiger partial charge in [0.1, 0.15) is 5.82 Å². The molecule has 0 aromatic heterocycles. The van der Waals surface area contributed by atoms with Crippen LogP contribution in [0.2, 0.25) is 0 Å². The second-order valence-electron chi connectivity index (χ2n) is 4.51. The zero-order valence-electron chi connectivity index (χ0n) is 8.82. The average molecular weight is 208 g/mol. The number of aliphatic hydroxyl groups is 1. The van der Waals surface area contributed by atoms with Gasteiger partial charge < -0.3 is 5.11 Å². The average Bonchev–Trinajstić information content (AvgIpc) is 2.22. The van der Waals surface area contributed by atoms with Crippen LogP contribution in [0.3, 0.4) is 0 Å². The summed E-state index contributed by atoms with van der Waals surface area (Å²) in [5, 5.41) is 9.38. The Bertz CT molecular complexity index is 316. The summed E-state index contributed by atoms with van der Waals surface area (Å²) in [5.41, 5.74) is 1.08. The maximum atomic E-state index is 12.9. The SMILES string of the molecule is OC1CCC(Cc2cccc(F)c2)CC1. The van der Waals surface area contributed by atoms with Crippen molar-refractivity contribution in [2.75, 3.05) is 0 Å². The lowest BCUT2D eigenvalue weighted by Gasteiger charge is -2.25. The third-order valence-corrected chi connectivity index (χ3v) is 3.23. The molecule has 0 heterocycles. The largest absolute Gasteiger partial charge is 0.393 e. The molecule has 1 fully saturated rings. The highest BCUT2D eigenvalue weighted by molar-refractivity contribution is 5.16. The summed E-state index contributed by atoms with van der Waals surface area (Å²) < 4.78 is 12.9. The summed E-state index contributed by atoms with van der Waals surface area (Å²) in [6, 6.07) is 6.84. The highest BCUT2D eigenvalue weighted by Gasteiger charge is 2.19. The molecule has 82 valence electrons. The van der Waals surface area contributed by atoms with Gasteiger partial charge in [-0.3, -0.25) is 0 Å². The van der Waals surface area contributed by atoms with Crippen LogP contribution in [-0.2, 0) is 6.42 Å². The Kier molecular flexibility index (Phi) is 3.37. The zero-order chi connectivity index (χ0) is 10.7. The summed E-state index contributed by atoms with van der Waals surface area (Å²) in [4.78, 5) is 0. The van der Waals surface area contributed by atoms with Gasteiger partial charge in [-0.15, -0.1) is 0 Å². The van der Waals surface area contributed by atoms with Crippen LogP contribution in [0.1, 0.15) is 31.2 Å². The molecule has 1 aromatic carbocycles. The molecule has 1 nitrogen and oxygen atoms in total.